The molecule has 1 aromatic carbocycles. The highest BCUT2D eigenvalue weighted by atomic mass is 16.2. The number of anilines is 1. The van der Waals surface area contributed by atoms with Crippen molar-refractivity contribution in [3.8, 4) is 0 Å². The van der Waals surface area contributed by atoms with Gasteiger partial charge >= 0.3 is 5.69 Å². The molecule has 0 radical (unpaired) electrons. The van der Waals surface area contributed by atoms with E-state index in [1.807, 2.05) is 37.3 Å². The van der Waals surface area contributed by atoms with Gasteiger partial charge in [-0.25, -0.2) is 9.48 Å². The SMILES string of the molecule is Cc1cc(NC(=O)/C=C/c2cn(C)c(=O)n(C)c2=O)n(Cc2ccccc2)n1. The molecule has 0 aliphatic rings. The first-order valence-corrected chi connectivity index (χ1v) is 8.69. The van der Waals surface area contributed by atoms with Crippen molar-refractivity contribution in [2.45, 2.75) is 13.5 Å². The molecular weight excluding hydrogens is 358 g/mol. The maximum absolute atomic E-state index is 12.3. The predicted octanol–water partition coefficient (Wildman–Crippen LogP) is 1.29. The Morgan fingerprint density at radius 2 is 1.89 bits per heavy atom. The highest BCUT2D eigenvalue weighted by Crippen LogP contribution is 2.13. The summed E-state index contributed by atoms with van der Waals surface area (Å²) in [7, 11) is 2.94. The number of benzene rings is 1. The summed E-state index contributed by atoms with van der Waals surface area (Å²) in [5.41, 5.74) is 1.20. The standard InChI is InChI=1S/C20H21N5O3/c1-14-11-17(25(22-14)12-15-7-5-4-6-8-15)21-18(26)10-9-16-13-23(2)20(28)24(3)19(16)27/h4-11,13H,12H2,1-3H3,(H,21,26)/b10-9+. The smallest absolute Gasteiger partial charge is 0.307 e. The molecule has 0 saturated heterocycles. The van der Waals surface area contributed by atoms with Gasteiger partial charge in [0, 0.05) is 32.4 Å². The predicted molar refractivity (Wildman–Crippen MR) is 107 cm³/mol. The van der Waals surface area contributed by atoms with Crippen LogP contribution in [0.5, 0.6) is 0 Å². The number of nitrogens with one attached hydrogen (secondary N) is 1. The van der Waals surface area contributed by atoms with E-state index in [0.717, 1.165) is 15.8 Å². The number of aromatic nitrogens is 4. The third-order valence-corrected chi connectivity index (χ3v) is 4.22. The number of amides is 1. The van der Waals surface area contributed by atoms with E-state index < -0.39 is 17.2 Å². The number of hydrogen-bond donors (Lipinski definition) is 1. The van der Waals surface area contributed by atoms with Crippen molar-refractivity contribution in [2.75, 3.05) is 5.32 Å². The zero-order valence-corrected chi connectivity index (χ0v) is 15.9. The number of rotatable bonds is 5. The quantitative estimate of drug-likeness (QED) is 0.677. The van der Waals surface area contributed by atoms with E-state index in [9.17, 15) is 14.4 Å². The summed E-state index contributed by atoms with van der Waals surface area (Å²) in [4.78, 5) is 36.2. The molecule has 0 saturated carbocycles. The zero-order valence-electron chi connectivity index (χ0n) is 15.9. The minimum Gasteiger partial charge on any atom is -0.307 e. The Morgan fingerprint density at radius 3 is 2.61 bits per heavy atom. The first-order valence-electron chi connectivity index (χ1n) is 8.69. The summed E-state index contributed by atoms with van der Waals surface area (Å²) in [6.07, 6.45) is 4.05. The molecular formula is C20H21N5O3. The lowest BCUT2D eigenvalue weighted by molar-refractivity contribution is -0.111. The lowest BCUT2D eigenvalue weighted by Crippen LogP contribution is -2.37. The molecule has 0 fully saturated rings. The maximum Gasteiger partial charge on any atom is 0.330 e. The zero-order chi connectivity index (χ0) is 20.3. The fourth-order valence-corrected chi connectivity index (χ4v) is 2.81. The van der Waals surface area contributed by atoms with Crippen molar-refractivity contribution in [2.24, 2.45) is 14.1 Å². The van der Waals surface area contributed by atoms with Gasteiger partial charge in [-0.15, -0.1) is 0 Å². The first-order chi connectivity index (χ1) is 13.3. The fraction of sp³-hybridized carbons (Fsp3) is 0.200. The van der Waals surface area contributed by atoms with Gasteiger partial charge in [0.15, 0.2) is 0 Å². The van der Waals surface area contributed by atoms with E-state index in [1.165, 1.54) is 30.0 Å². The Labute approximate surface area is 161 Å². The van der Waals surface area contributed by atoms with Gasteiger partial charge in [0.1, 0.15) is 5.82 Å². The van der Waals surface area contributed by atoms with Crippen LogP contribution in [0.15, 0.2) is 58.3 Å². The van der Waals surface area contributed by atoms with Gasteiger partial charge in [0.2, 0.25) is 5.91 Å². The van der Waals surface area contributed by atoms with Crippen LogP contribution >= 0.6 is 0 Å². The van der Waals surface area contributed by atoms with Gasteiger partial charge in [0.05, 0.1) is 17.8 Å². The Hall–Kier alpha value is -3.68. The average Bonchev–Trinajstić information content (AvgIpc) is 3.01. The van der Waals surface area contributed by atoms with E-state index >= 15 is 0 Å². The van der Waals surface area contributed by atoms with Crippen LogP contribution in [0.3, 0.4) is 0 Å². The lowest BCUT2D eigenvalue weighted by atomic mass is 10.2. The number of aryl methyl sites for hydroxylation is 2. The summed E-state index contributed by atoms with van der Waals surface area (Å²) >= 11 is 0. The van der Waals surface area contributed by atoms with E-state index in [4.69, 9.17) is 0 Å². The van der Waals surface area contributed by atoms with E-state index in [0.29, 0.717) is 12.4 Å². The summed E-state index contributed by atoms with van der Waals surface area (Å²) < 4.78 is 3.99. The third-order valence-electron chi connectivity index (χ3n) is 4.22. The average molecular weight is 379 g/mol. The number of nitrogens with zero attached hydrogens (tertiary/aromatic N) is 4. The van der Waals surface area contributed by atoms with Crippen LogP contribution in [-0.4, -0.2) is 24.8 Å². The number of carbonyl (C=O) groups excluding carboxylic acids is 1. The second kappa shape index (κ2) is 7.91. The van der Waals surface area contributed by atoms with Crippen LogP contribution < -0.4 is 16.6 Å². The molecule has 144 valence electrons. The van der Waals surface area contributed by atoms with Crippen LogP contribution in [0.2, 0.25) is 0 Å². The minimum atomic E-state index is -0.461. The molecule has 2 heterocycles. The van der Waals surface area contributed by atoms with Gasteiger partial charge in [-0.2, -0.15) is 5.10 Å². The minimum absolute atomic E-state index is 0.244. The topological polar surface area (TPSA) is 90.9 Å². The van der Waals surface area contributed by atoms with E-state index in [2.05, 4.69) is 10.4 Å². The molecule has 2 aromatic heterocycles. The Morgan fingerprint density at radius 1 is 1.18 bits per heavy atom. The van der Waals surface area contributed by atoms with Gasteiger partial charge in [-0.3, -0.25) is 14.2 Å². The van der Waals surface area contributed by atoms with Crippen LogP contribution in [0.25, 0.3) is 6.08 Å². The summed E-state index contributed by atoms with van der Waals surface area (Å²) in [6.45, 7) is 2.37. The molecule has 1 N–H and O–H groups in total. The summed E-state index contributed by atoms with van der Waals surface area (Å²) in [6, 6.07) is 11.6. The Kier molecular flexibility index (Phi) is 5.39. The van der Waals surface area contributed by atoms with Crippen LogP contribution in [0.1, 0.15) is 16.8 Å². The van der Waals surface area contributed by atoms with Gasteiger partial charge < -0.3 is 9.88 Å². The van der Waals surface area contributed by atoms with Crippen LogP contribution in [0.4, 0.5) is 5.82 Å². The molecule has 8 nitrogen and oxygen atoms in total. The Balaban J connectivity index is 1.78. The molecule has 0 unspecified atom stereocenters. The molecule has 0 atom stereocenters. The molecule has 28 heavy (non-hydrogen) atoms. The molecule has 1 amide bonds. The van der Waals surface area contributed by atoms with E-state index in [-0.39, 0.29) is 5.56 Å². The Bertz CT molecular complexity index is 1150. The van der Waals surface area contributed by atoms with Crippen molar-refractivity contribution < 1.29 is 4.79 Å². The second-order valence-corrected chi connectivity index (χ2v) is 6.48. The largest absolute Gasteiger partial charge is 0.330 e. The highest BCUT2D eigenvalue weighted by Gasteiger charge is 2.09. The summed E-state index contributed by atoms with van der Waals surface area (Å²) in [5.74, 6) is 0.162. The van der Waals surface area contributed by atoms with Gasteiger partial charge in [0.25, 0.3) is 5.56 Å². The fourth-order valence-electron chi connectivity index (χ4n) is 2.81. The number of carbonyl (C=O) groups is 1. The molecule has 0 bridgehead atoms. The number of hydrogen-bond acceptors (Lipinski definition) is 4. The van der Waals surface area contributed by atoms with Crippen molar-refractivity contribution in [3.63, 3.8) is 0 Å². The molecule has 0 aliphatic heterocycles. The monoisotopic (exact) mass is 379 g/mol. The molecule has 0 aliphatic carbocycles. The maximum atomic E-state index is 12.3. The van der Waals surface area contributed by atoms with E-state index in [1.54, 1.807) is 17.8 Å². The molecule has 3 aromatic rings. The molecule has 3 rings (SSSR count). The van der Waals surface area contributed by atoms with Crippen molar-refractivity contribution in [3.05, 3.63) is 86.3 Å². The van der Waals surface area contributed by atoms with Gasteiger partial charge in [-0.1, -0.05) is 30.3 Å². The summed E-state index contributed by atoms with van der Waals surface area (Å²) in [5, 5.41) is 7.19. The molecule has 8 heteroatoms. The second-order valence-electron chi connectivity index (χ2n) is 6.48. The van der Waals surface area contributed by atoms with Crippen molar-refractivity contribution in [1.29, 1.82) is 0 Å². The lowest BCUT2D eigenvalue weighted by Gasteiger charge is -2.08. The van der Waals surface area contributed by atoms with Crippen molar-refractivity contribution >= 4 is 17.8 Å². The normalized spacial score (nSPS) is 11.1. The molecule has 0 spiro atoms. The van der Waals surface area contributed by atoms with Crippen LogP contribution in [-0.2, 0) is 25.4 Å². The van der Waals surface area contributed by atoms with Crippen LogP contribution in [0, 0.1) is 6.92 Å². The van der Waals surface area contributed by atoms with Crippen molar-refractivity contribution in [1.82, 2.24) is 18.9 Å². The van der Waals surface area contributed by atoms with Gasteiger partial charge in [-0.05, 0) is 18.6 Å². The highest BCUT2D eigenvalue weighted by molar-refractivity contribution is 6.01. The first kappa shape index (κ1) is 19.1. The third kappa shape index (κ3) is 4.17.